The molecule has 0 radical (unpaired) electrons. The minimum absolute atomic E-state index is 0.370. The van der Waals surface area contributed by atoms with Crippen molar-refractivity contribution < 1.29 is 4.79 Å². The van der Waals surface area contributed by atoms with Crippen LogP contribution in [0.15, 0.2) is 30.5 Å². The first-order valence-electron chi connectivity index (χ1n) is 5.61. The Balaban J connectivity index is 2.43. The fourth-order valence-corrected chi connectivity index (χ4v) is 1.86. The van der Waals surface area contributed by atoms with Crippen LogP contribution in [0.5, 0.6) is 0 Å². The van der Waals surface area contributed by atoms with E-state index >= 15 is 0 Å². The van der Waals surface area contributed by atoms with Gasteiger partial charge in [0.05, 0.1) is 0 Å². The quantitative estimate of drug-likeness (QED) is 0.838. The summed E-state index contributed by atoms with van der Waals surface area (Å²) in [6.45, 7) is 3.16. The molecule has 16 heavy (non-hydrogen) atoms. The van der Waals surface area contributed by atoms with Crippen LogP contribution in [0.2, 0.25) is 0 Å². The lowest BCUT2D eigenvalue weighted by molar-refractivity contribution is 0.100. The maximum absolute atomic E-state index is 11.1. The average Bonchev–Trinajstić information content (AvgIpc) is 2.68. The molecular weight excluding hydrogens is 200 g/mol. The number of hydrogen-bond donors (Lipinski definition) is 1. The molecule has 2 aromatic rings. The molecule has 0 spiro atoms. The fourth-order valence-electron chi connectivity index (χ4n) is 1.86. The van der Waals surface area contributed by atoms with E-state index in [0.29, 0.717) is 5.56 Å². The van der Waals surface area contributed by atoms with Crippen molar-refractivity contribution in [3.05, 3.63) is 36.0 Å². The van der Waals surface area contributed by atoms with Gasteiger partial charge in [-0.1, -0.05) is 19.4 Å². The number of benzene rings is 1. The van der Waals surface area contributed by atoms with Crippen molar-refractivity contribution in [1.29, 1.82) is 0 Å². The SMILES string of the molecule is CCCCn1ccc2ccc(C(N)=O)cc21. The third-order valence-electron chi connectivity index (χ3n) is 2.81. The zero-order valence-electron chi connectivity index (χ0n) is 9.44. The Bertz CT molecular complexity index is 514. The predicted octanol–water partition coefficient (Wildman–Crippen LogP) is 2.54. The van der Waals surface area contributed by atoms with Gasteiger partial charge in [0.25, 0.3) is 0 Å². The van der Waals surface area contributed by atoms with Crippen LogP contribution in [-0.4, -0.2) is 10.5 Å². The van der Waals surface area contributed by atoms with Gasteiger partial charge in [0, 0.05) is 23.8 Å². The van der Waals surface area contributed by atoms with Crippen LogP contribution in [0, 0.1) is 0 Å². The van der Waals surface area contributed by atoms with E-state index in [1.54, 1.807) is 6.07 Å². The number of nitrogens with zero attached hydrogens (tertiary/aromatic N) is 1. The van der Waals surface area contributed by atoms with Crippen LogP contribution in [0.1, 0.15) is 30.1 Å². The Hall–Kier alpha value is -1.77. The number of aryl methyl sites for hydroxylation is 1. The van der Waals surface area contributed by atoms with E-state index in [4.69, 9.17) is 5.73 Å². The molecular formula is C13H16N2O. The van der Waals surface area contributed by atoms with Crippen LogP contribution in [-0.2, 0) is 6.54 Å². The van der Waals surface area contributed by atoms with Gasteiger partial charge in [-0.25, -0.2) is 0 Å². The maximum Gasteiger partial charge on any atom is 0.248 e. The summed E-state index contributed by atoms with van der Waals surface area (Å²) in [6.07, 6.45) is 4.37. The summed E-state index contributed by atoms with van der Waals surface area (Å²) in [5.41, 5.74) is 6.94. The van der Waals surface area contributed by atoms with E-state index in [2.05, 4.69) is 23.8 Å². The smallest absolute Gasteiger partial charge is 0.248 e. The Morgan fingerprint density at radius 1 is 1.38 bits per heavy atom. The molecule has 1 aromatic heterocycles. The van der Waals surface area contributed by atoms with Gasteiger partial charge in [0.15, 0.2) is 0 Å². The Morgan fingerprint density at radius 3 is 2.88 bits per heavy atom. The van der Waals surface area contributed by atoms with Gasteiger partial charge in [-0.3, -0.25) is 4.79 Å². The highest BCUT2D eigenvalue weighted by atomic mass is 16.1. The number of primary amides is 1. The van der Waals surface area contributed by atoms with Crippen LogP contribution in [0.25, 0.3) is 10.9 Å². The second kappa shape index (κ2) is 4.39. The molecule has 0 aliphatic rings. The number of amides is 1. The first-order valence-corrected chi connectivity index (χ1v) is 5.61. The number of unbranched alkanes of at least 4 members (excludes halogenated alkanes) is 1. The normalized spacial score (nSPS) is 10.8. The van der Waals surface area contributed by atoms with E-state index in [1.807, 2.05) is 12.1 Å². The number of nitrogens with two attached hydrogens (primary N) is 1. The molecule has 0 fully saturated rings. The molecule has 0 atom stereocenters. The van der Waals surface area contributed by atoms with Crippen molar-refractivity contribution >= 4 is 16.8 Å². The van der Waals surface area contributed by atoms with Crippen molar-refractivity contribution in [2.75, 3.05) is 0 Å². The fraction of sp³-hybridized carbons (Fsp3) is 0.308. The molecule has 2 N–H and O–H groups in total. The van der Waals surface area contributed by atoms with E-state index < -0.39 is 0 Å². The van der Waals surface area contributed by atoms with E-state index in [9.17, 15) is 4.79 Å². The number of carbonyl (C=O) groups excluding carboxylic acids is 1. The molecule has 3 heteroatoms. The molecule has 0 aliphatic carbocycles. The van der Waals surface area contributed by atoms with Crippen molar-refractivity contribution in [1.82, 2.24) is 4.57 Å². The number of carbonyl (C=O) groups is 1. The molecule has 0 aliphatic heterocycles. The van der Waals surface area contributed by atoms with Crippen LogP contribution < -0.4 is 5.73 Å². The van der Waals surface area contributed by atoms with Gasteiger partial charge in [-0.05, 0) is 30.0 Å². The standard InChI is InChI=1S/C13H16N2O/c1-2-3-7-15-8-6-10-4-5-11(13(14)16)9-12(10)15/h4-6,8-9H,2-3,7H2,1H3,(H2,14,16). The zero-order chi connectivity index (χ0) is 11.5. The lowest BCUT2D eigenvalue weighted by atomic mass is 10.1. The van der Waals surface area contributed by atoms with Crippen molar-refractivity contribution in [3.8, 4) is 0 Å². The molecule has 84 valence electrons. The Morgan fingerprint density at radius 2 is 2.19 bits per heavy atom. The average molecular weight is 216 g/mol. The first-order chi connectivity index (χ1) is 7.72. The number of rotatable bonds is 4. The van der Waals surface area contributed by atoms with Gasteiger partial charge in [0.2, 0.25) is 5.91 Å². The van der Waals surface area contributed by atoms with E-state index in [-0.39, 0.29) is 5.91 Å². The van der Waals surface area contributed by atoms with E-state index in [1.165, 1.54) is 0 Å². The number of fused-ring (bicyclic) bond motifs is 1. The van der Waals surface area contributed by atoms with Gasteiger partial charge in [0.1, 0.15) is 0 Å². The summed E-state index contributed by atoms with van der Waals surface area (Å²) < 4.78 is 2.17. The molecule has 0 saturated heterocycles. The summed E-state index contributed by atoms with van der Waals surface area (Å²) in [5.74, 6) is -0.370. The summed E-state index contributed by atoms with van der Waals surface area (Å²) in [6, 6.07) is 7.65. The van der Waals surface area contributed by atoms with E-state index in [0.717, 1.165) is 30.3 Å². The summed E-state index contributed by atoms with van der Waals surface area (Å²) in [7, 11) is 0. The van der Waals surface area contributed by atoms with Gasteiger partial charge < -0.3 is 10.3 Å². The highest BCUT2D eigenvalue weighted by molar-refractivity contribution is 5.96. The van der Waals surface area contributed by atoms with Crippen molar-refractivity contribution in [2.45, 2.75) is 26.3 Å². The van der Waals surface area contributed by atoms with Crippen LogP contribution in [0.3, 0.4) is 0 Å². The monoisotopic (exact) mass is 216 g/mol. The Kier molecular flexibility index (Phi) is 2.95. The molecule has 2 rings (SSSR count). The maximum atomic E-state index is 11.1. The zero-order valence-corrected chi connectivity index (χ0v) is 9.44. The summed E-state index contributed by atoms with van der Waals surface area (Å²) in [4.78, 5) is 11.1. The van der Waals surface area contributed by atoms with Gasteiger partial charge in [-0.2, -0.15) is 0 Å². The summed E-state index contributed by atoms with van der Waals surface area (Å²) >= 11 is 0. The summed E-state index contributed by atoms with van der Waals surface area (Å²) in [5, 5.41) is 1.15. The first kappa shape index (κ1) is 10.7. The highest BCUT2D eigenvalue weighted by Gasteiger charge is 2.05. The topological polar surface area (TPSA) is 48.0 Å². The molecule has 1 aromatic carbocycles. The van der Waals surface area contributed by atoms with Gasteiger partial charge >= 0.3 is 0 Å². The lowest BCUT2D eigenvalue weighted by Crippen LogP contribution is -2.10. The number of hydrogen-bond acceptors (Lipinski definition) is 1. The predicted molar refractivity (Wildman–Crippen MR) is 65.4 cm³/mol. The molecule has 1 amide bonds. The second-order valence-electron chi connectivity index (χ2n) is 4.00. The van der Waals surface area contributed by atoms with Crippen LogP contribution >= 0.6 is 0 Å². The Labute approximate surface area is 94.9 Å². The lowest BCUT2D eigenvalue weighted by Gasteiger charge is -2.04. The van der Waals surface area contributed by atoms with Crippen molar-refractivity contribution in [3.63, 3.8) is 0 Å². The molecule has 3 nitrogen and oxygen atoms in total. The van der Waals surface area contributed by atoms with Crippen molar-refractivity contribution in [2.24, 2.45) is 5.73 Å². The number of aromatic nitrogens is 1. The molecule has 0 unspecified atom stereocenters. The highest BCUT2D eigenvalue weighted by Crippen LogP contribution is 2.18. The van der Waals surface area contributed by atoms with Gasteiger partial charge in [-0.15, -0.1) is 0 Å². The molecule has 1 heterocycles. The third kappa shape index (κ3) is 1.94. The minimum Gasteiger partial charge on any atom is -0.366 e. The largest absolute Gasteiger partial charge is 0.366 e. The molecule has 0 bridgehead atoms. The third-order valence-corrected chi connectivity index (χ3v) is 2.81. The molecule has 0 saturated carbocycles. The minimum atomic E-state index is -0.370. The second-order valence-corrected chi connectivity index (χ2v) is 4.00. The van der Waals surface area contributed by atoms with Crippen LogP contribution in [0.4, 0.5) is 0 Å².